The number of carboxylic acids is 1. The minimum atomic E-state index is -1.00. The van der Waals surface area contributed by atoms with Gasteiger partial charge in [-0.1, -0.05) is 22.0 Å². The van der Waals surface area contributed by atoms with E-state index in [2.05, 4.69) is 20.7 Å². The first-order valence-corrected chi connectivity index (χ1v) is 6.08. The molecule has 1 aromatic rings. The zero-order valence-electron chi connectivity index (χ0n) is 9.85. The molecule has 0 unspecified atom stereocenters. The molecule has 0 amide bonds. The van der Waals surface area contributed by atoms with Crippen molar-refractivity contribution in [2.75, 3.05) is 7.11 Å². The standard InChI is InChI=1S/C13H13BrO4/c1-18-13(17)7-4-10-8-11(14)5-2-9(10)3-6-12(15)16/h2-3,5-6,8H,4,7H2,1H3,(H,15,16)/b6-3+. The zero-order chi connectivity index (χ0) is 13.5. The zero-order valence-corrected chi connectivity index (χ0v) is 11.4. The summed E-state index contributed by atoms with van der Waals surface area (Å²) in [6, 6.07) is 5.49. The third-order valence-corrected chi connectivity index (χ3v) is 2.83. The normalized spacial score (nSPS) is 10.6. The van der Waals surface area contributed by atoms with E-state index in [-0.39, 0.29) is 12.4 Å². The second-order valence-corrected chi connectivity index (χ2v) is 4.51. The summed E-state index contributed by atoms with van der Waals surface area (Å²) in [6.07, 6.45) is 3.36. The molecule has 0 saturated heterocycles. The van der Waals surface area contributed by atoms with Crippen molar-refractivity contribution in [2.45, 2.75) is 12.8 Å². The van der Waals surface area contributed by atoms with Gasteiger partial charge in [0.15, 0.2) is 0 Å². The van der Waals surface area contributed by atoms with Crippen LogP contribution < -0.4 is 0 Å². The van der Waals surface area contributed by atoms with Crippen molar-refractivity contribution in [3.8, 4) is 0 Å². The summed E-state index contributed by atoms with van der Waals surface area (Å²) in [5, 5.41) is 8.61. The lowest BCUT2D eigenvalue weighted by atomic mass is 10.0. The molecule has 0 aliphatic heterocycles. The minimum absolute atomic E-state index is 0.265. The number of ether oxygens (including phenoxy) is 1. The Morgan fingerprint density at radius 1 is 1.44 bits per heavy atom. The quantitative estimate of drug-likeness (QED) is 0.670. The van der Waals surface area contributed by atoms with E-state index in [1.807, 2.05) is 12.1 Å². The third kappa shape index (κ3) is 4.71. The molecule has 0 radical (unpaired) electrons. The van der Waals surface area contributed by atoms with Gasteiger partial charge in [0.25, 0.3) is 0 Å². The summed E-state index contributed by atoms with van der Waals surface area (Å²) >= 11 is 3.34. The lowest BCUT2D eigenvalue weighted by molar-refractivity contribution is -0.140. The first kappa shape index (κ1) is 14.4. The molecule has 4 nitrogen and oxygen atoms in total. The number of esters is 1. The highest BCUT2D eigenvalue weighted by Crippen LogP contribution is 2.19. The number of carbonyl (C=O) groups excluding carboxylic acids is 1. The van der Waals surface area contributed by atoms with Gasteiger partial charge in [0, 0.05) is 17.0 Å². The van der Waals surface area contributed by atoms with Gasteiger partial charge in [-0.25, -0.2) is 4.79 Å². The molecule has 1 aromatic carbocycles. The van der Waals surface area contributed by atoms with E-state index in [4.69, 9.17) is 5.11 Å². The fourth-order valence-corrected chi connectivity index (χ4v) is 1.86. The maximum Gasteiger partial charge on any atom is 0.328 e. The monoisotopic (exact) mass is 312 g/mol. The number of benzene rings is 1. The van der Waals surface area contributed by atoms with Crippen LogP contribution >= 0.6 is 15.9 Å². The molecule has 0 bridgehead atoms. The van der Waals surface area contributed by atoms with Crippen molar-refractivity contribution in [1.82, 2.24) is 0 Å². The van der Waals surface area contributed by atoms with Crippen LogP contribution in [0.25, 0.3) is 6.08 Å². The smallest absolute Gasteiger partial charge is 0.328 e. The SMILES string of the molecule is COC(=O)CCc1cc(Br)ccc1/C=C/C(=O)O. The van der Waals surface area contributed by atoms with Gasteiger partial charge >= 0.3 is 11.9 Å². The lowest BCUT2D eigenvalue weighted by Gasteiger charge is -2.06. The van der Waals surface area contributed by atoms with Crippen LogP contribution in [0, 0.1) is 0 Å². The number of aliphatic carboxylic acids is 1. The number of carboxylic acid groups (broad SMARTS) is 1. The summed E-state index contributed by atoms with van der Waals surface area (Å²) in [7, 11) is 1.34. The second kappa shape index (κ2) is 6.96. The number of rotatable bonds is 5. The molecule has 0 fully saturated rings. The van der Waals surface area contributed by atoms with E-state index in [0.29, 0.717) is 6.42 Å². The van der Waals surface area contributed by atoms with Crippen molar-refractivity contribution >= 4 is 33.9 Å². The van der Waals surface area contributed by atoms with E-state index < -0.39 is 5.97 Å². The Bertz CT molecular complexity index is 480. The van der Waals surface area contributed by atoms with Crippen LogP contribution in [0.3, 0.4) is 0 Å². The number of methoxy groups -OCH3 is 1. The highest BCUT2D eigenvalue weighted by molar-refractivity contribution is 9.10. The van der Waals surface area contributed by atoms with Gasteiger partial charge in [0.05, 0.1) is 7.11 Å². The summed E-state index contributed by atoms with van der Waals surface area (Å²) in [5.41, 5.74) is 1.68. The average molecular weight is 313 g/mol. The van der Waals surface area contributed by atoms with Crippen molar-refractivity contribution in [1.29, 1.82) is 0 Å². The van der Waals surface area contributed by atoms with Crippen LogP contribution in [-0.2, 0) is 20.7 Å². The molecular weight excluding hydrogens is 300 g/mol. The fourth-order valence-electron chi connectivity index (χ4n) is 1.45. The molecule has 1 N–H and O–H groups in total. The number of hydrogen-bond donors (Lipinski definition) is 1. The first-order valence-electron chi connectivity index (χ1n) is 5.29. The first-order chi connectivity index (χ1) is 8.52. The molecular formula is C13H13BrO4. The molecule has 96 valence electrons. The number of carbonyl (C=O) groups is 2. The highest BCUT2D eigenvalue weighted by atomic mass is 79.9. The minimum Gasteiger partial charge on any atom is -0.478 e. The van der Waals surface area contributed by atoms with Crippen molar-refractivity contribution < 1.29 is 19.4 Å². The number of hydrogen-bond acceptors (Lipinski definition) is 3. The predicted molar refractivity (Wildman–Crippen MR) is 71.1 cm³/mol. The molecule has 18 heavy (non-hydrogen) atoms. The molecule has 1 rings (SSSR count). The van der Waals surface area contributed by atoms with Gasteiger partial charge < -0.3 is 9.84 Å². The maximum atomic E-state index is 11.1. The summed E-state index contributed by atoms with van der Waals surface area (Å²) < 4.78 is 5.46. The summed E-state index contributed by atoms with van der Waals surface area (Å²) in [4.78, 5) is 21.6. The van der Waals surface area contributed by atoms with E-state index >= 15 is 0 Å². The Morgan fingerprint density at radius 2 is 2.17 bits per heavy atom. The number of halogens is 1. The molecule has 5 heteroatoms. The Morgan fingerprint density at radius 3 is 2.78 bits per heavy atom. The maximum absolute atomic E-state index is 11.1. The van der Waals surface area contributed by atoms with Crippen LogP contribution in [0.2, 0.25) is 0 Å². The molecule has 0 aliphatic carbocycles. The van der Waals surface area contributed by atoms with Gasteiger partial charge in [-0.15, -0.1) is 0 Å². The Hall–Kier alpha value is -1.62. The Labute approximate surface area is 113 Å². The van der Waals surface area contributed by atoms with Gasteiger partial charge in [0.2, 0.25) is 0 Å². The average Bonchev–Trinajstić information content (AvgIpc) is 2.34. The molecule has 0 aromatic heterocycles. The van der Waals surface area contributed by atoms with Gasteiger partial charge in [0.1, 0.15) is 0 Å². The summed E-state index contributed by atoms with van der Waals surface area (Å²) in [6.45, 7) is 0. The van der Waals surface area contributed by atoms with Crippen molar-refractivity contribution in [2.24, 2.45) is 0 Å². The van der Waals surface area contributed by atoms with E-state index in [0.717, 1.165) is 21.7 Å². The topological polar surface area (TPSA) is 63.6 Å². The largest absolute Gasteiger partial charge is 0.478 e. The fraction of sp³-hybridized carbons (Fsp3) is 0.231. The molecule has 0 atom stereocenters. The molecule has 0 aliphatic rings. The Kier molecular flexibility index (Phi) is 5.58. The van der Waals surface area contributed by atoms with Crippen LogP contribution in [0.1, 0.15) is 17.5 Å². The molecule has 0 spiro atoms. The van der Waals surface area contributed by atoms with E-state index in [1.165, 1.54) is 13.2 Å². The highest BCUT2D eigenvalue weighted by Gasteiger charge is 2.05. The van der Waals surface area contributed by atoms with E-state index in [9.17, 15) is 9.59 Å². The Balaban J connectivity index is 2.89. The van der Waals surface area contributed by atoms with Crippen molar-refractivity contribution in [3.63, 3.8) is 0 Å². The second-order valence-electron chi connectivity index (χ2n) is 3.59. The molecule has 0 saturated carbocycles. The van der Waals surface area contributed by atoms with Gasteiger partial charge in [-0.05, 0) is 35.8 Å². The van der Waals surface area contributed by atoms with Crippen LogP contribution in [0.4, 0.5) is 0 Å². The van der Waals surface area contributed by atoms with Gasteiger partial charge in [-0.3, -0.25) is 4.79 Å². The van der Waals surface area contributed by atoms with Crippen molar-refractivity contribution in [3.05, 3.63) is 39.9 Å². The van der Waals surface area contributed by atoms with Crippen LogP contribution in [0.15, 0.2) is 28.7 Å². The van der Waals surface area contributed by atoms with Crippen LogP contribution in [-0.4, -0.2) is 24.2 Å². The molecule has 0 heterocycles. The number of aryl methyl sites for hydroxylation is 1. The van der Waals surface area contributed by atoms with Gasteiger partial charge in [-0.2, -0.15) is 0 Å². The lowest BCUT2D eigenvalue weighted by Crippen LogP contribution is -2.03. The third-order valence-electron chi connectivity index (χ3n) is 2.34. The van der Waals surface area contributed by atoms with E-state index in [1.54, 1.807) is 6.07 Å². The van der Waals surface area contributed by atoms with Crippen LogP contribution in [0.5, 0.6) is 0 Å². The summed E-state index contributed by atoms with van der Waals surface area (Å²) in [5.74, 6) is -1.29. The predicted octanol–water partition coefficient (Wildman–Crippen LogP) is 2.65.